The van der Waals surface area contributed by atoms with E-state index in [4.69, 9.17) is 0 Å². The third-order valence-corrected chi connectivity index (χ3v) is 2.85. The Labute approximate surface area is 88.5 Å². The Balaban J connectivity index is 2.26. The van der Waals surface area contributed by atoms with Gasteiger partial charge in [-0.2, -0.15) is 0 Å². The maximum atomic E-state index is 10.7. The number of aryl methyl sites for hydroxylation is 1. The van der Waals surface area contributed by atoms with Crippen molar-refractivity contribution in [1.29, 1.82) is 0 Å². The first-order chi connectivity index (χ1) is 7.00. The number of anilines is 1. The van der Waals surface area contributed by atoms with Gasteiger partial charge in [0.1, 0.15) is 0 Å². The molecule has 0 atom stereocenters. The zero-order valence-electron chi connectivity index (χ0n) is 8.91. The second-order valence-electron chi connectivity index (χ2n) is 4.44. The lowest BCUT2D eigenvalue weighted by Gasteiger charge is -2.13. The Morgan fingerprint density at radius 1 is 1.47 bits per heavy atom. The van der Waals surface area contributed by atoms with Crippen molar-refractivity contribution in [2.24, 2.45) is 0 Å². The molecule has 1 aromatic rings. The summed E-state index contributed by atoms with van der Waals surface area (Å²) in [5, 5.41) is 14.0. The maximum absolute atomic E-state index is 10.7. The number of nitro groups is 1. The lowest BCUT2D eigenvalue weighted by atomic mass is 10.1. The minimum Gasteiger partial charge on any atom is -0.380 e. The van der Waals surface area contributed by atoms with Crippen molar-refractivity contribution in [3.8, 4) is 0 Å². The van der Waals surface area contributed by atoms with E-state index < -0.39 is 0 Å². The van der Waals surface area contributed by atoms with Crippen molar-refractivity contribution in [1.82, 2.24) is 0 Å². The van der Waals surface area contributed by atoms with Crippen LogP contribution in [0.1, 0.15) is 25.3 Å². The second-order valence-corrected chi connectivity index (χ2v) is 4.44. The highest BCUT2D eigenvalue weighted by Gasteiger charge is 2.37. The Hall–Kier alpha value is -1.58. The Morgan fingerprint density at radius 3 is 2.67 bits per heavy atom. The number of nitro benzene ring substituents is 1. The number of benzene rings is 1. The van der Waals surface area contributed by atoms with Gasteiger partial charge in [-0.3, -0.25) is 10.1 Å². The van der Waals surface area contributed by atoms with Crippen LogP contribution < -0.4 is 5.32 Å². The zero-order chi connectivity index (χ0) is 11.1. The molecule has 4 heteroatoms. The van der Waals surface area contributed by atoms with Gasteiger partial charge in [-0.25, -0.2) is 0 Å². The molecule has 4 nitrogen and oxygen atoms in total. The molecule has 0 spiro atoms. The molecule has 80 valence electrons. The molecule has 0 unspecified atom stereocenters. The lowest BCUT2D eigenvalue weighted by molar-refractivity contribution is -0.385. The monoisotopic (exact) mass is 206 g/mol. The minimum atomic E-state index is -0.338. The smallest absolute Gasteiger partial charge is 0.274 e. The van der Waals surface area contributed by atoms with E-state index >= 15 is 0 Å². The molecule has 1 aliphatic rings. The molecule has 0 aliphatic heterocycles. The molecule has 0 saturated heterocycles. The van der Waals surface area contributed by atoms with Crippen LogP contribution in [0.2, 0.25) is 0 Å². The second kappa shape index (κ2) is 3.22. The van der Waals surface area contributed by atoms with Gasteiger partial charge in [-0.05, 0) is 32.8 Å². The number of hydrogen-bond donors (Lipinski definition) is 1. The molecule has 15 heavy (non-hydrogen) atoms. The van der Waals surface area contributed by atoms with Crippen LogP contribution in [0.25, 0.3) is 0 Å². The van der Waals surface area contributed by atoms with Gasteiger partial charge in [0, 0.05) is 22.9 Å². The molecule has 1 aromatic carbocycles. The molecule has 0 aromatic heterocycles. The Morgan fingerprint density at radius 2 is 2.13 bits per heavy atom. The fourth-order valence-electron chi connectivity index (χ4n) is 1.54. The SMILES string of the molecule is Cc1ccc(NC2(C)CC2)cc1[N+](=O)[O-]. The van der Waals surface area contributed by atoms with Crippen LogP contribution in [-0.4, -0.2) is 10.5 Å². The van der Waals surface area contributed by atoms with E-state index in [1.54, 1.807) is 19.1 Å². The van der Waals surface area contributed by atoms with E-state index in [-0.39, 0.29) is 16.1 Å². The summed E-state index contributed by atoms with van der Waals surface area (Å²) in [4.78, 5) is 10.4. The van der Waals surface area contributed by atoms with E-state index in [9.17, 15) is 10.1 Å². The van der Waals surface area contributed by atoms with Gasteiger partial charge < -0.3 is 5.32 Å². The van der Waals surface area contributed by atoms with E-state index in [2.05, 4.69) is 12.2 Å². The third-order valence-electron chi connectivity index (χ3n) is 2.85. The van der Waals surface area contributed by atoms with Crippen LogP contribution >= 0.6 is 0 Å². The highest BCUT2D eigenvalue weighted by atomic mass is 16.6. The summed E-state index contributed by atoms with van der Waals surface area (Å²) in [7, 11) is 0. The van der Waals surface area contributed by atoms with Crippen LogP contribution in [0.4, 0.5) is 11.4 Å². The van der Waals surface area contributed by atoms with Crippen molar-refractivity contribution >= 4 is 11.4 Å². The van der Waals surface area contributed by atoms with Crippen LogP contribution in [0.3, 0.4) is 0 Å². The summed E-state index contributed by atoms with van der Waals surface area (Å²) >= 11 is 0. The molecule has 1 N–H and O–H groups in total. The van der Waals surface area contributed by atoms with Crippen molar-refractivity contribution in [3.63, 3.8) is 0 Å². The van der Waals surface area contributed by atoms with Gasteiger partial charge in [-0.1, -0.05) is 6.07 Å². The molecule has 1 fully saturated rings. The number of rotatable bonds is 3. The van der Waals surface area contributed by atoms with E-state index in [1.165, 1.54) is 0 Å². The minimum absolute atomic E-state index is 0.156. The largest absolute Gasteiger partial charge is 0.380 e. The average Bonchev–Trinajstić information content (AvgIpc) is 2.87. The molecular weight excluding hydrogens is 192 g/mol. The summed E-state index contributed by atoms with van der Waals surface area (Å²) in [5.41, 5.74) is 1.88. The number of nitrogens with zero attached hydrogens (tertiary/aromatic N) is 1. The predicted molar refractivity (Wildman–Crippen MR) is 59.1 cm³/mol. The average molecular weight is 206 g/mol. The molecule has 1 aliphatic carbocycles. The fourth-order valence-corrected chi connectivity index (χ4v) is 1.54. The number of nitrogens with one attached hydrogen (secondary N) is 1. The van der Waals surface area contributed by atoms with Crippen LogP contribution in [0, 0.1) is 17.0 Å². The Bertz CT molecular complexity index is 411. The van der Waals surface area contributed by atoms with Crippen LogP contribution in [-0.2, 0) is 0 Å². The quantitative estimate of drug-likeness (QED) is 0.611. The van der Waals surface area contributed by atoms with Crippen LogP contribution in [0.5, 0.6) is 0 Å². The van der Waals surface area contributed by atoms with Gasteiger partial charge in [0.15, 0.2) is 0 Å². The third kappa shape index (κ3) is 2.09. The van der Waals surface area contributed by atoms with Crippen molar-refractivity contribution < 1.29 is 4.92 Å². The maximum Gasteiger partial charge on any atom is 0.274 e. The summed E-state index contributed by atoms with van der Waals surface area (Å²) in [6, 6.07) is 5.29. The van der Waals surface area contributed by atoms with Gasteiger partial charge in [-0.15, -0.1) is 0 Å². The Kier molecular flexibility index (Phi) is 2.14. The summed E-state index contributed by atoms with van der Waals surface area (Å²) in [5.74, 6) is 0. The number of hydrogen-bond acceptors (Lipinski definition) is 3. The first-order valence-corrected chi connectivity index (χ1v) is 5.03. The molecule has 0 heterocycles. The van der Waals surface area contributed by atoms with Crippen molar-refractivity contribution in [2.45, 2.75) is 32.2 Å². The first-order valence-electron chi connectivity index (χ1n) is 5.03. The lowest BCUT2D eigenvalue weighted by Crippen LogP contribution is -2.15. The highest BCUT2D eigenvalue weighted by Crippen LogP contribution is 2.38. The standard InChI is InChI=1S/C11H14N2O2/c1-8-3-4-9(7-10(8)13(14)15)12-11(2)5-6-11/h3-4,7,12H,5-6H2,1-2H3. The van der Waals surface area contributed by atoms with Gasteiger partial charge in [0.25, 0.3) is 5.69 Å². The summed E-state index contributed by atoms with van der Waals surface area (Å²) in [6.45, 7) is 3.87. The van der Waals surface area contributed by atoms with E-state index in [0.717, 1.165) is 18.5 Å². The van der Waals surface area contributed by atoms with Crippen molar-refractivity contribution in [2.75, 3.05) is 5.32 Å². The molecule has 0 radical (unpaired) electrons. The zero-order valence-corrected chi connectivity index (χ0v) is 8.91. The summed E-state index contributed by atoms with van der Waals surface area (Å²) < 4.78 is 0. The van der Waals surface area contributed by atoms with E-state index in [1.807, 2.05) is 6.07 Å². The van der Waals surface area contributed by atoms with Crippen LogP contribution in [0.15, 0.2) is 18.2 Å². The van der Waals surface area contributed by atoms with Crippen molar-refractivity contribution in [3.05, 3.63) is 33.9 Å². The predicted octanol–water partition coefficient (Wildman–Crippen LogP) is 2.87. The highest BCUT2D eigenvalue weighted by molar-refractivity contribution is 5.56. The normalized spacial score (nSPS) is 17.2. The fraction of sp³-hybridized carbons (Fsp3) is 0.455. The van der Waals surface area contributed by atoms with Gasteiger partial charge in [0.05, 0.1) is 4.92 Å². The molecular formula is C11H14N2O2. The van der Waals surface area contributed by atoms with Gasteiger partial charge in [0.2, 0.25) is 0 Å². The first kappa shape index (κ1) is 9.96. The molecule has 0 amide bonds. The van der Waals surface area contributed by atoms with Gasteiger partial charge >= 0.3 is 0 Å². The molecule has 1 saturated carbocycles. The topological polar surface area (TPSA) is 55.2 Å². The summed E-state index contributed by atoms with van der Waals surface area (Å²) in [6.07, 6.45) is 2.27. The molecule has 0 bridgehead atoms. The van der Waals surface area contributed by atoms with E-state index in [0.29, 0.717) is 5.56 Å². The molecule has 2 rings (SSSR count).